The van der Waals surface area contributed by atoms with E-state index in [0.29, 0.717) is 5.56 Å². The summed E-state index contributed by atoms with van der Waals surface area (Å²) >= 11 is 0. The fourth-order valence-corrected chi connectivity index (χ4v) is 1.90. The SMILES string of the molecule is CCCCCCCC=CC=C(O)C(=O)OC.NC(=O)c1ccccc1. The van der Waals surface area contributed by atoms with Crippen molar-refractivity contribution in [3.8, 4) is 0 Å². The van der Waals surface area contributed by atoms with E-state index < -0.39 is 5.97 Å². The molecule has 0 aliphatic rings. The van der Waals surface area contributed by atoms with Crippen LogP contribution in [0.1, 0.15) is 55.8 Å². The number of hydrogen-bond donors (Lipinski definition) is 2. The number of primary amides is 1. The normalized spacial score (nSPS) is 10.9. The fraction of sp³-hybridized carbons (Fsp3) is 0.400. The van der Waals surface area contributed by atoms with E-state index in [1.54, 1.807) is 30.3 Å². The highest BCUT2D eigenvalue weighted by Gasteiger charge is 2.03. The average molecular weight is 347 g/mol. The number of hydrogen-bond acceptors (Lipinski definition) is 4. The minimum atomic E-state index is -0.701. The first-order valence-electron chi connectivity index (χ1n) is 8.51. The van der Waals surface area contributed by atoms with Crippen molar-refractivity contribution in [3.63, 3.8) is 0 Å². The number of carbonyl (C=O) groups is 2. The van der Waals surface area contributed by atoms with Gasteiger partial charge in [0, 0.05) is 5.56 Å². The van der Waals surface area contributed by atoms with Crippen molar-refractivity contribution in [2.75, 3.05) is 7.11 Å². The van der Waals surface area contributed by atoms with Crippen LogP contribution in [-0.2, 0) is 9.53 Å². The number of methoxy groups -OCH3 is 1. The summed E-state index contributed by atoms with van der Waals surface area (Å²) in [4.78, 5) is 21.2. The topological polar surface area (TPSA) is 89.6 Å². The van der Waals surface area contributed by atoms with E-state index in [-0.39, 0.29) is 11.7 Å². The van der Waals surface area contributed by atoms with Crippen LogP contribution < -0.4 is 5.73 Å². The number of unbranched alkanes of at least 4 members (excludes halogenated alkanes) is 5. The van der Waals surface area contributed by atoms with Gasteiger partial charge in [0.2, 0.25) is 11.7 Å². The second-order valence-corrected chi connectivity index (χ2v) is 5.40. The van der Waals surface area contributed by atoms with Gasteiger partial charge in [0.15, 0.2) is 0 Å². The van der Waals surface area contributed by atoms with Crippen LogP contribution in [-0.4, -0.2) is 24.1 Å². The Morgan fingerprint density at radius 3 is 2.28 bits per heavy atom. The third-order valence-electron chi connectivity index (χ3n) is 3.32. The Morgan fingerprint density at radius 2 is 1.76 bits per heavy atom. The molecule has 0 unspecified atom stereocenters. The monoisotopic (exact) mass is 347 g/mol. The molecule has 0 saturated carbocycles. The largest absolute Gasteiger partial charge is 0.502 e. The van der Waals surface area contributed by atoms with Crippen LogP contribution in [0.25, 0.3) is 0 Å². The standard InChI is InChI=1S/C13H22O3.C7H7NO/c1-3-4-5-6-7-8-9-10-11-12(14)13(15)16-2;8-7(9)6-4-2-1-3-5-6/h9-11,14H,3-8H2,1-2H3;1-5H,(H2,8,9). The first kappa shape index (κ1) is 22.4. The summed E-state index contributed by atoms with van der Waals surface area (Å²) in [7, 11) is 1.24. The molecule has 0 heterocycles. The van der Waals surface area contributed by atoms with E-state index in [0.717, 1.165) is 12.8 Å². The van der Waals surface area contributed by atoms with Gasteiger partial charge in [0.1, 0.15) is 0 Å². The molecule has 5 heteroatoms. The quantitative estimate of drug-likeness (QED) is 0.229. The van der Waals surface area contributed by atoms with Crippen LogP contribution in [0.15, 0.2) is 54.3 Å². The maximum Gasteiger partial charge on any atom is 0.373 e. The summed E-state index contributed by atoms with van der Waals surface area (Å²) in [6.07, 6.45) is 12.2. The number of esters is 1. The molecule has 0 saturated heterocycles. The second kappa shape index (κ2) is 15.0. The van der Waals surface area contributed by atoms with Gasteiger partial charge < -0.3 is 15.6 Å². The van der Waals surface area contributed by atoms with Gasteiger partial charge in [-0.05, 0) is 31.1 Å². The first-order chi connectivity index (χ1) is 12.0. The van der Waals surface area contributed by atoms with Crippen LogP contribution in [0.4, 0.5) is 0 Å². The first-order valence-corrected chi connectivity index (χ1v) is 8.51. The van der Waals surface area contributed by atoms with Gasteiger partial charge in [0.05, 0.1) is 7.11 Å². The van der Waals surface area contributed by atoms with E-state index >= 15 is 0 Å². The van der Waals surface area contributed by atoms with E-state index in [9.17, 15) is 9.59 Å². The highest BCUT2D eigenvalue weighted by Crippen LogP contribution is 2.05. The Hall–Kier alpha value is -2.56. The number of nitrogens with two attached hydrogens (primary N) is 1. The Kier molecular flexibility index (Phi) is 13.5. The van der Waals surface area contributed by atoms with Gasteiger partial charge in [-0.25, -0.2) is 4.79 Å². The molecular weight excluding hydrogens is 318 g/mol. The summed E-state index contributed by atoms with van der Waals surface area (Å²) in [6.45, 7) is 2.19. The predicted octanol–water partition coefficient (Wildman–Crippen LogP) is 4.30. The molecule has 1 aromatic rings. The number of ether oxygens (including phenoxy) is 1. The molecular formula is C20H29NO4. The van der Waals surface area contributed by atoms with Gasteiger partial charge in [-0.2, -0.15) is 0 Å². The van der Waals surface area contributed by atoms with E-state index in [2.05, 4.69) is 11.7 Å². The lowest BCUT2D eigenvalue weighted by atomic mass is 10.1. The Bertz CT molecular complexity index is 550. The van der Waals surface area contributed by atoms with Crippen molar-refractivity contribution in [1.29, 1.82) is 0 Å². The molecule has 0 fully saturated rings. The zero-order valence-corrected chi connectivity index (χ0v) is 15.1. The molecule has 0 bridgehead atoms. The lowest BCUT2D eigenvalue weighted by molar-refractivity contribution is -0.139. The summed E-state index contributed by atoms with van der Waals surface area (Å²) in [5, 5.41) is 9.13. The molecule has 0 aliphatic carbocycles. The number of aliphatic hydroxyl groups is 1. The molecule has 3 N–H and O–H groups in total. The van der Waals surface area contributed by atoms with Crippen molar-refractivity contribution < 1.29 is 19.4 Å². The summed E-state index contributed by atoms with van der Waals surface area (Å²) in [5.41, 5.74) is 5.53. The highest BCUT2D eigenvalue weighted by atomic mass is 16.5. The summed E-state index contributed by atoms with van der Waals surface area (Å²) < 4.78 is 4.34. The predicted molar refractivity (Wildman–Crippen MR) is 100 cm³/mol. The molecule has 0 aliphatic heterocycles. The Morgan fingerprint density at radius 1 is 1.12 bits per heavy atom. The van der Waals surface area contributed by atoms with Gasteiger partial charge in [-0.1, -0.05) is 63.0 Å². The molecule has 1 aromatic carbocycles. The molecule has 1 amide bonds. The molecule has 0 atom stereocenters. The van der Waals surface area contributed by atoms with Crippen LogP contribution >= 0.6 is 0 Å². The minimum Gasteiger partial charge on any atom is -0.502 e. The molecule has 5 nitrogen and oxygen atoms in total. The number of aliphatic hydroxyl groups excluding tert-OH is 1. The van der Waals surface area contributed by atoms with Crippen molar-refractivity contribution in [1.82, 2.24) is 0 Å². The van der Waals surface area contributed by atoms with Gasteiger partial charge >= 0.3 is 5.97 Å². The van der Waals surface area contributed by atoms with Gasteiger partial charge in [-0.3, -0.25) is 4.79 Å². The smallest absolute Gasteiger partial charge is 0.373 e. The highest BCUT2D eigenvalue weighted by molar-refractivity contribution is 5.92. The third kappa shape index (κ3) is 12.5. The Labute approximate surface area is 150 Å². The van der Waals surface area contributed by atoms with E-state index in [1.807, 2.05) is 12.1 Å². The van der Waals surface area contributed by atoms with Crippen LogP contribution in [0.3, 0.4) is 0 Å². The molecule has 0 aromatic heterocycles. The van der Waals surface area contributed by atoms with Crippen molar-refractivity contribution in [2.45, 2.75) is 45.4 Å². The van der Waals surface area contributed by atoms with E-state index in [1.165, 1.54) is 38.9 Å². The van der Waals surface area contributed by atoms with Crippen molar-refractivity contribution in [3.05, 3.63) is 59.9 Å². The zero-order valence-electron chi connectivity index (χ0n) is 15.1. The maximum atomic E-state index is 10.8. The zero-order chi connectivity index (χ0) is 18.9. The van der Waals surface area contributed by atoms with Crippen molar-refractivity contribution >= 4 is 11.9 Å². The number of carbonyl (C=O) groups excluding carboxylic acids is 2. The summed E-state index contributed by atoms with van der Waals surface area (Å²) in [6, 6.07) is 8.76. The van der Waals surface area contributed by atoms with Gasteiger partial charge in [-0.15, -0.1) is 0 Å². The van der Waals surface area contributed by atoms with Crippen LogP contribution in [0.5, 0.6) is 0 Å². The lowest BCUT2D eigenvalue weighted by Gasteiger charge is -1.96. The number of benzene rings is 1. The van der Waals surface area contributed by atoms with E-state index in [4.69, 9.17) is 10.8 Å². The Balaban J connectivity index is 0.000000535. The van der Waals surface area contributed by atoms with Gasteiger partial charge in [0.25, 0.3) is 0 Å². The van der Waals surface area contributed by atoms with Crippen molar-refractivity contribution in [2.24, 2.45) is 5.73 Å². The van der Waals surface area contributed by atoms with Crippen LogP contribution in [0, 0.1) is 0 Å². The fourth-order valence-electron chi connectivity index (χ4n) is 1.90. The number of amides is 1. The maximum absolute atomic E-state index is 10.8. The summed E-state index contributed by atoms with van der Waals surface area (Å²) in [5.74, 6) is -1.44. The number of rotatable bonds is 9. The molecule has 1 rings (SSSR count). The molecule has 25 heavy (non-hydrogen) atoms. The molecule has 138 valence electrons. The molecule has 0 radical (unpaired) electrons. The molecule has 0 spiro atoms. The average Bonchev–Trinajstić information content (AvgIpc) is 2.64. The minimum absolute atomic E-state index is 0.357. The number of allylic oxidation sites excluding steroid dienone is 3. The third-order valence-corrected chi connectivity index (χ3v) is 3.32. The van der Waals surface area contributed by atoms with Crippen LogP contribution in [0.2, 0.25) is 0 Å². The second-order valence-electron chi connectivity index (χ2n) is 5.40. The lowest BCUT2D eigenvalue weighted by Crippen LogP contribution is -2.09.